The highest BCUT2D eigenvalue weighted by Gasteiger charge is 2.54. The van der Waals surface area contributed by atoms with Gasteiger partial charge in [-0.3, -0.25) is 23.7 Å². The molecule has 3 aromatic rings. The van der Waals surface area contributed by atoms with Crippen LogP contribution in [0.5, 0.6) is 5.75 Å². The van der Waals surface area contributed by atoms with Crippen molar-refractivity contribution in [1.29, 1.82) is 0 Å². The lowest BCUT2D eigenvalue weighted by molar-refractivity contribution is -0.161. The summed E-state index contributed by atoms with van der Waals surface area (Å²) in [6, 6.07) is -2.50. The van der Waals surface area contributed by atoms with Gasteiger partial charge in [0.2, 0.25) is 16.9 Å². The second kappa shape index (κ2) is 11.9. The first-order valence-electron chi connectivity index (χ1n) is 12.1. The number of carbonyl (C=O) groups is 4. The van der Waals surface area contributed by atoms with Crippen molar-refractivity contribution in [1.82, 2.24) is 29.6 Å². The summed E-state index contributed by atoms with van der Waals surface area (Å²) in [5, 5.41) is 37.8. The fraction of sp³-hybridized carbons (Fsp3) is 0.273. The number of oxazole rings is 1. The van der Waals surface area contributed by atoms with Gasteiger partial charge in [0.25, 0.3) is 17.7 Å². The zero-order valence-electron chi connectivity index (χ0n) is 22.8. The minimum atomic E-state index is -5.18. The van der Waals surface area contributed by atoms with Crippen molar-refractivity contribution in [3.05, 3.63) is 45.5 Å². The van der Waals surface area contributed by atoms with Crippen LogP contribution in [0.15, 0.2) is 38.3 Å². The molecule has 4 heterocycles. The molecule has 1 aliphatic heterocycles. The number of amides is 3. The Balaban J connectivity index is 1.54. The van der Waals surface area contributed by atoms with Crippen LogP contribution in [-0.4, -0.2) is 101 Å². The van der Waals surface area contributed by atoms with E-state index in [0.717, 1.165) is 37.5 Å². The number of hydrogen-bond acceptors (Lipinski definition) is 16. The maximum Gasteiger partial charge on any atom is 0.362 e. The van der Waals surface area contributed by atoms with Gasteiger partial charge in [0.05, 0.1) is 12.2 Å². The summed E-state index contributed by atoms with van der Waals surface area (Å²) in [6.45, 7) is 1.57. The summed E-state index contributed by atoms with van der Waals surface area (Å²) in [6.07, 6.45) is 1.47. The fourth-order valence-corrected chi connectivity index (χ4v) is 5.05. The number of nitrogens with two attached hydrogens (primary N) is 1. The number of thiazole rings is 1. The van der Waals surface area contributed by atoms with Gasteiger partial charge in [-0.1, -0.05) is 5.16 Å². The molecule has 23 heteroatoms. The zero-order valence-corrected chi connectivity index (χ0v) is 24.4. The van der Waals surface area contributed by atoms with Crippen molar-refractivity contribution in [2.45, 2.75) is 31.5 Å². The van der Waals surface area contributed by atoms with Crippen molar-refractivity contribution >= 4 is 56.2 Å². The van der Waals surface area contributed by atoms with Crippen LogP contribution in [0.1, 0.15) is 30.0 Å². The summed E-state index contributed by atoms with van der Waals surface area (Å²) in [4.78, 5) is 74.3. The van der Waals surface area contributed by atoms with Crippen LogP contribution in [0.4, 0.5) is 5.13 Å². The molecule has 0 aliphatic carbocycles. The summed E-state index contributed by atoms with van der Waals surface area (Å²) in [5.74, 6) is -6.14. The molecule has 0 bridgehead atoms. The molecule has 0 spiro atoms. The number of carboxylic acids is 1. The van der Waals surface area contributed by atoms with E-state index in [1.807, 2.05) is 0 Å². The monoisotopic (exact) mass is 670 g/mol. The Hall–Kier alpha value is -5.55. The van der Waals surface area contributed by atoms with E-state index in [1.54, 1.807) is 0 Å². The number of carboxylic acid groups (broad SMARTS) is 1. The normalized spacial score (nSPS) is 17.0. The van der Waals surface area contributed by atoms with E-state index in [-0.39, 0.29) is 20.8 Å². The Morgan fingerprint density at radius 3 is 2.53 bits per heavy atom. The van der Waals surface area contributed by atoms with Crippen molar-refractivity contribution in [2.24, 2.45) is 5.16 Å². The van der Waals surface area contributed by atoms with Crippen LogP contribution in [0, 0.1) is 0 Å². The van der Waals surface area contributed by atoms with Crippen LogP contribution < -0.4 is 21.8 Å². The van der Waals surface area contributed by atoms with Gasteiger partial charge in [-0.2, -0.15) is 13.1 Å². The smallest absolute Gasteiger partial charge is 0.362 e. The van der Waals surface area contributed by atoms with E-state index in [0.29, 0.717) is 10.9 Å². The third-order valence-corrected chi connectivity index (χ3v) is 7.63. The fourth-order valence-electron chi connectivity index (χ4n) is 3.63. The SMILES string of the molecule is CC(C)(O/N=C(\C(=O)NC1C(=O)N(S(=O)(=O)O)C1CNC(=O)c1coc(-c2cc(=O)c(O)cn2O)n1)c1csc(N)n1)C(=O)O. The van der Waals surface area contributed by atoms with E-state index >= 15 is 0 Å². The number of anilines is 1. The number of hydrogen-bond donors (Lipinski definition) is 7. The van der Waals surface area contributed by atoms with Gasteiger partial charge in [0.15, 0.2) is 22.3 Å². The molecule has 0 aromatic carbocycles. The average Bonchev–Trinajstić information content (AvgIpc) is 3.60. The minimum Gasteiger partial charge on any atom is -0.503 e. The van der Waals surface area contributed by atoms with Crippen molar-refractivity contribution in [2.75, 3.05) is 12.3 Å². The molecule has 1 aliphatic rings. The van der Waals surface area contributed by atoms with E-state index in [9.17, 15) is 52.4 Å². The first kappa shape index (κ1) is 32.4. The molecule has 3 aromatic heterocycles. The van der Waals surface area contributed by atoms with E-state index < -0.39 is 86.7 Å². The molecule has 0 saturated carbocycles. The number of aromatic hydroxyl groups is 1. The molecule has 240 valence electrons. The number of rotatable bonds is 11. The molecule has 8 N–H and O–H groups in total. The molecule has 0 radical (unpaired) electrons. The Morgan fingerprint density at radius 2 is 1.93 bits per heavy atom. The van der Waals surface area contributed by atoms with Crippen LogP contribution >= 0.6 is 11.3 Å². The zero-order chi connectivity index (χ0) is 33.4. The van der Waals surface area contributed by atoms with Gasteiger partial charge in [-0.25, -0.2) is 19.1 Å². The van der Waals surface area contributed by atoms with Gasteiger partial charge >= 0.3 is 16.3 Å². The van der Waals surface area contributed by atoms with E-state index in [4.69, 9.17) is 15.0 Å². The Morgan fingerprint density at radius 1 is 1.24 bits per heavy atom. The average molecular weight is 671 g/mol. The topological polar surface area (TPSA) is 319 Å². The molecule has 45 heavy (non-hydrogen) atoms. The van der Waals surface area contributed by atoms with Gasteiger partial charge in [0, 0.05) is 18.0 Å². The minimum absolute atomic E-state index is 0.00492. The molecule has 4 rings (SSSR count). The Bertz CT molecular complexity index is 1900. The largest absolute Gasteiger partial charge is 0.503 e. The van der Waals surface area contributed by atoms with Crippen LogP contribution in [-0.2, 0) is 29.5 Å². The summed E-state index contributed by atoms with van der Waals surface area (Å²) in [7, 11) is -5.18. The lowest BCUT2D eigenvalue weighted by Gasteiger charge is -2.44. The van der Waals surface area contributed by atoms with Crippen molar-refractivity contribution < 1.29 is 56.8 Å². The molecular formula is C22H22N8O13S2. The van der Waals surface area contributed by atoms with Crippen molar-refractivity contribution in [3.63, 3.8) is 0 Å². The summed E-state index contributed by atoms with van der Waals surface area (Å²) in [5.41, 5.74) is 1.21. The van der Waals surface area contributed by atoms with Crippen LogP contribution in [0.3, 0.4) is 0 Å². The highest BCUT2D eigenvalue weighted by molar-refractivity contribution is 7.84. The molecule has 2 atom stereocenters. The first-order chi connectivity index (χ1) is 20.9. The van der Waals surface area contributed by atoms with Crippen LogP contribution in [0.25, 0.3) is 11.6 Å². The van der Waals surface area contributed by atoms with Gasteiger partial charge in [0.1, 0.15) is 23.7 Å². The lowest BCUT2D eigenvalue weighted by Crippen LogP contribution is -2.74. The third-order valence-electron chi connectivity index (χ3n) is 6.00. The Labute approximate surface area is 254 Å². The summed E-state index contributed by atoms with van der Waals surface area (Å²) < 4.78 is 38.7. The van der Waals surface area contributed by atoms with Gasteiger partial charge < -0.3 is 41.0 Å². The predicted octanol–water partition coefficient (Wildman–Crippen LogP) is -2.00. The second-order valence-electron chi connectivity index (χ2n) is 9.55. The third kappa shape index (κ3) is 6.68. The van der Waals surface area contributed by atoms with Crippen LogP contribution in [0.2, 0.25) is 0 Å². The lowest BCUT2D eigenvalue weighted by atomic mass is 9.98. The molecule has 3 amide bonds. The molecule has 1 saturated heterocycles. The molecule has 21 nitrogen and oxygen atoms in total. The Kier molecular flexibility index (Phi) is 8.53. The second-order valence-corrected chi connectivity index (χ2v) is 11.7. The predicted molar refractivity (Wildman–Crippen MR) is 147 cm³/mol. The maximum absolute atomic E-state index is 13.2. The van der Waals surface area contributed by atoms with E-state index in [1.165, 1.54) is 5.38 Å². The van der Waals surface area contributed by atoms with Crippen molar-refractivity contribution in [3.8, 4) is 17.3 Å². The molecular weight excluding hydrogens is 648 g/mol. The number of pyridine rings is 1. The number of nitrogens with zero attached hydrogens (tertiary/aromatic N) is 5. The number of nitrogens with one attached hydrogen (secondary N) is 2. The molecule has 2 unspecified atom stereocenters. The number of aliphatic carboxylic acids is 1. The highest BCUT2D eigenvalue weighted by atomic mass is 32.2. The number of carbonyl (C=O) groups excluding carboxylic acids is 3. The number of oxime groups is 1. The standard InChI is InChI=1S/C22H22N8O13S2/c1-22(2,20(36)37)43-28-14(9-7-44-21(23)26-9)17(34)27-15-11(30(19(15)35)45(39,40)41)4-24-16(33)8-6-42-18(25-8)10-3-12(31)13(32)5-29(10)38/h3,5-7,11,15,32,38H,4H2,1-2H3,(H2,23,26)(H,24,33)(H,27,34)(H,36,37)(H,39,40,41)/b28-14-. The maximum atomic E-state index is 13.2. The highest BCUT2D eigenvalue weighted by Crippen LogP contribution is 2.24. The van der Waals surface area contributed by atoms with Gasteiger partial charge in [-0.15, -0.1) is 11.3 Å². The first-order valence-corrected chi connectivity index (χ1v) is 14.4. The quantitative estimate of drug-likeness (QED) is 0.0381. The van der Waals surface area contributed by atoms with E-state index in [2.05, 4.69) is 25.8 Å². The summed E-state index contributed by atoms with van der Waals surface area (Å²) >= 11 is 0.888. The molecule has 1 fully saturated rings. The number of nitrogen functional groups attached to an aromatic ring is 1. The number of β-lactam (4-membered cyclic amide) rings is 1. The van der Waals surface area contributed by atoms with Gasteiger partial charge in [-0.05, 0) is 13.8 Å². The number of aromatic nitrogens is 3.